The lowest BCUT2D eigenvalue weighted by Gasteiger charge is -2.39. The highest BCUT2D eigenvalue weighted by Gasteiger charge is 2.29. The lowest BCUT2D eigenvalue weighted by molar-refractivity contribution is -0.108. The number of halogens is 1. The predicted octanol–water partition coefficient (Wildman–Crippen LogP) is 3.99. The molecule has 1 aromatic carbocycles. The Bertz CT molecular complexity index is 999. The van der Waals surface area contributed by atoms with Gasteiger partial charge in [-0.05, 0) is 51.3 Å². The maximum absolute atomic E-state index is 13.3. The fraction of sp³-hybridized carbons (Fsp3) is 0.586. The van der Waals surface area contributed by atoms with Crippen LogP contribution in [0.4, 0.5) is 9.18 Å². The number of guanidine groups is 1. The van der Waals surface area contributed by atoms with E-state index in [9.17, 15) is 18.8 Å². The summed E-state index contributed by atoms with van der Waals surface area (Å²) in [5.41, 5.74) is 1.30. The molecule has 0 bridgehead atoms. The third-order valence-corrected chi connectivity index (χ3v) is 5.84. The zero-order valence-electron chi connectivity index (χ0n) is 25.2. The highest BCUT2D eigenvalue weighted by Crippen LogP contribution is 2.29. The first-order chi connectivity index (χ1) is 19.0. The monoisotopic (exact) mass is 563 g/mol. The lowest BCUT2D eigenvalue weighted by Crippen LogP contribution is -2.55. The molecule has 0 aliphatic carbocycles. The smallest absolute Gasteiger partial charge is 0.410 e. The summed E-state index contributed by atoms with van der Waals surface area (Å²) in [6, 6.07) is 6.09. The summed E-state index contributed by atoms with van der Waals surface area (Å²) >= 11 is 0. The Morgan fingerprint density at radius 2 is 1.65 bits per heavy atom. The van der Waals surface area contributed by atoms with Crippen molar-refractivity contribution in [1.29, 1.82) is 0 Å². The van der Waals surface area contributed by atoms with E-state index in [1.807, 2.05) is 39.5 Å². The van der Waals surface area contributed by atoms with Gasteiger partial charge in [0.15, 0.2) is 6.29 Å². The second kappa shape index (κ2) is 17.3. The molecule has 1 amide bonds. The number of hydrogen-bond acceptors (Lipinski definition) is 7. The molecule has 1 atom stereocenters. The SMILES string of the molecule is CC.CN(CC=O)C(=NC1=C(C=O)NC(c2ccc(F)cc2)CC1)N1CCN(C(=O)OC(C)(C)C)CC1.COC. The Hall–Kier alpha value is -3.47. The molecule has 11 heteroatoms. The molecule has 224 valence electrons. The Kier molecular flexibility index (Phi) is 14.9. The number of aldehydes is 2. The molecule has 2 heterocycles. The lowest BCUT2D eigenvalue weighted by atomic mass is 9.97. The Morgan fingerprint density at radius 1 is 1.10 bits per heavy atom. The van der Waals surface area contributed by atoms with Crippen LogP contribution in [0, 0.1) is 5.82 Å². The van der Waals surface area contributed by atoms with E-state index < -0.39 is 5.60 Å². The number of hydrogen-bond donors (Lipinski definition) is 1. The zero-order valence-corrected chi connectivity index (χ0v) is 25.2. The normalized spacial score (nSPS) is 17.4. The number of benzene rings is 1. The van der Waals surface area contributed by atoms with Gasteiger partial charge in [-0.15, -0.1) is 0 Å². The number of ether oxygens (including phenoxy) is 2. The summed E-state index contributed by atoms with van der Waals surface area (Å²) in [6.45, 7) is 11.6. The molecule has 1 aromatic rings. The van der Waals surface area contributed by atoms with Crippen molar-refractivity contribution >= 4 is 24.6 Å². The molecule has 0 radical (unpaired) electrons. The van der Waals surface area contributed by atoms with Crippen molar-refractivity contribution in [1.82, 2.24) is 20.0 Å². The van der Waals surface area contributed by atoms with E-state index in [4.69, 9.17) is 9.73 Å². The number of carbonyl (C=O) groups excluding carboxylic acids is 3. The number of amides is 1. The van der Waals surface area contributed by atoms with Gasteiger partial charge >= 0.3 is 6.09 Å². The first kappa shape index (κ1) is 34.6. The number of allylic oxidation sites excluding steroid dienone is 2. The van der Waals surface area contributed by atoms with Crippen molar-refractivity contribution in [3.63, 3.8) is 0 Å². The number of aliphatic imine (C=N–C) groups is 1. The second-order valence-corrected chi connectivity index (χ2v) is 10.1. The minimum Gasteiger partial charge on any atom is -0.444 e. The molecule has 1 N–H and O–H groups in total. The van der Waals surface area contributed by atoms with Crippen LogP contribution in [0.1, 0.15) is 59.1 Å². The predicted molar refractivity (Wildman–Crippen MR) is 154 cm³/mol. The largest absolute Gasteiger partial charge is 0.444 e. The standard InChI is InChI=1S/C25H34FN5O4.C2H6O.C2H6/c1-25(2,3)35-24(34)31-13-11-30(12-14-31)23(29(4)15-16-32)28-21-10-9-20(27-22(21)17-33)18-5-7-19(26)8-6-18;1-3-2;1-2/h5-8,16-17,20,27H,9-15H2,1-4H3;1-2H3;1-2H3. The van der Waals surface area contributed by atoms with Crippen LogP contribution in [0.2, 0.25) is 0 Å². The summed E-state index contributed by atoms with van der Waals surface area (Å²) in [7, 11) is 5.02. The molecule has 40 heavy (non-hydrogen) atoms. The number of rotatable bonds is 5. The van der Waals surface area contributed by atoms with E-state index in [1.54, 1.807) is 43.2 Å². The third-order valence-electron chi connectivity index (χ3n) is 5.84. The van der Waals surface area contributed by atoms with E-state index in [1.165, 1.54) is 12.1 Å². The number of nitrogens with zero attached hydrogens (tertiary/aromatic N) is 4. The molecule has 2 aliphatic rings. The molecule has 0 saturated carbocycles. The summed E-state index contributed by atoms with van der Waals surface area (Å²) in [4.78, 5) is 45.7. The number of piperazine rings is 1. The van der Waals surface area contributed by atoms with Gasteiger partial charge in [-0.3, -0.25) is 4.79 Å². The van der Waals surface area contributed by atoms with E-state index in [2.05, 4.69) is 10.1 Å². The topological polar surface area (TPSA) is 104 Å². The van der Waals surface area contributed by atoms with Crippen LogP contribution in [-0.2, 0) is 19.1 Å². The second-order valence-electron chi connectivity index (χ2n) is 10.1. The number of likely N-dealkylation sites (N-methyl/N-ethyl adjacent to an activating group) is 1. The van der Waals surface area contributed by atoms with Gasteiger partial charge in [0.25, 0.3) is 0 Å². The molecule has 0 aromatic heterocycles. The molecular formula is C29H46FN5O5. The van der Waals surface area contributed by atoms with E-state index in [-0.39, 0.29) is 24.5 Å². The van der Waals surface area contributed by atoms with Gasteiger partial charge in [0.2, 0.25) is 5.96 Å². The molecule has 1 saturated heterocycles. The Morgan fingerprint density at radius 3 is 2.15 bits per heavy atom. The fourth-order valence-corrected chi connectivity index (χ4v) is 4.05. The van der Waals surface area contributed by atoms with Crippen LogP contribution in [-0.4, -0.2) is 98.9 Å². The molecule has 10 nitrogen and oxygen atoms in total. The highest BCUT2D eigenvalue weighted by atomic mass is 19.1. The van der Waals surface area contributed by atoms with Gasteiger partial charge < -0.3 is 34.3 Å². The van der Waals surface area contributed by atoms with Crippen molar-refractivity contribution < 1.29 is 28.2 Å². The maximum atomic E-state index is 13.3. The van der Waals surface area contributed by atoms with E-state index in [0.717, 1.165) is 18.1 Å². The zero-order chi connectivity index (χ0) is 30.3. The van der Waals surface area contributed by atoms with Crippen molar-refractivity contribution in [3.05, 3.63) is 47.0 Å². The molecular weight excluding hydrogens is 517 g/mol. The molecule has 1 fully saturated rings. The third kappa shape index (κ3) is 11.0. The summed E-state index contributed by atoms with van der Waals surface area (Å²) in [5.74, 6) is 0.257. The molecule has 2 aliphatic heterocycles. The summed E-state index contributed by atoms with van der Waals surface area (Å²) in [6.07, 6.45) is 2.40. The van der Waals surface area contributed by atoms with Gasteiger partial charge in [0.1, 0.15) is 17.7 Å². The highest BCUT2D eigenvalue weighted by molar-refractivity contribution is 5.84. The van der Waals surface area contributed by atoms with Crippen molar-refractivity contribution in [2.75, 3.05) is 54.0 Å². The maximum Gasteiger partial charge on any atom is 0.410 e. The molecule has 1 unspecified atom stereocenters. The quantitative estimate of drug-likeness (QED) is 0.326. The number of nitrogens with one attached hydrogen (secondary N) is 1. The summed E-state index contributed by atoms with van der Waals surface area (Å²) in [5, 5.41) is 3.22. The first-order valence-electron chi connectivity index (χ1n) is 13.6. The first-order valence-corrected chi connectivity index (χ1v) is 13.6. The van der Waals surface area contributed by atoms with Crippen molar-refractivity contribution in [2.24, 2.45) is 4.99 Å². The van der Waals surface area contributed by atoms with Crippen LogP contribution in [0.3, 0.4) is 0 Å². The number of carbonyl (C=O) groups is 3. The molecule has 3 rings (SSSR count). The van der Waals surface area contributed by atoms with Crippen molar-refractivity contribution in [3.8, 4) is 0 Å². The van der Waals surface area contributed by atoms with E-state index in [0.29, 0.717) is 56.4 Å². The van der Waals surface area contributed by atoms with Crippen LogP contribution in [0.15, 0.2) is 40.7 Å². The minimum absolute atomic E-state index is 0.122. The van der Waals surface area contributed by atoms with Crippen LogP contribution < -0.4 is 5.32 Å². The van der Waals surface area contributed by atoms with Gasteiger partial charge in [-0.1, -0.05) is 26.0 Å². The van der Waals surface area contributed by atoms with Crippen molar-refractivity contribution in [2.45, 2.75) is 59.1 Å². The fourth-order valence-electron chi connectivity index (χ4n) is 4.05. The van der Waals surface area contributed by atoms with Gasteiger partial charge in [0.05, 0.1) is 24.0 Å². The van der Waals surface area contributed by atoms with Crippen LogP contribution in [0.25, 0.3) is 0 Å². The Labute approximate surface area is 238 Å². The van der Waals surface area contributed by atoms with E-state index >= 15 is 0 Å². The Balaban J connectivity index is 0.00000150. The summed E-state index contributed by atoms with van der Waals surface area (Å²) < 4.78 is 23.0. The minimum atomic E-state index is -0.567. The average molecular weight is 564 g/mol. The van der Waals surface area contributed by atoms with Crippen LogP contribution in [0.5, 0.6) is 0 Å². The molecule has 0 spiro atoms. The average Bonchev–Trinajstić information content (AvgIpc) is 2.93. The van der Waals surface area contributed by atoms with Crippen LogP contribution >= 0.6 is 0 Å². The van der Waals surface area contributed by atoms with Gasteiger partial charge in [0, 0.05) is 47.4 Å². The number of methoxy groups -OCH3 is 1. The van der Waals surface area contributed by atoms with Gasteiger partial charge in [-0.25, -0.2) is 14.2 Å². The van der Waals surface area contributed by atoms with Gasteiger partial charge in [-0.2, -0.15) is 0 Å².